The number of hydrogen-bond acceptors (Lipinski definition) is 2. The van der Waals surface area contributed by atoms with Gasteiger partial charge in [0.1, 0.15) is 0 Å². The molecule has 4 nitrogen and oxygen atoms in total. The minimum absolute atomic E-state index is 0.0177. The monoisotopic (exact) mass is 361 g/mol. The van der Waals surface area contributed by atoms with E-state index >= 15 is 0 Å². The van der Waals surface area contributed by atoms with Gasteiger partial charge in [-0.2, -0.15) is 0 Å². The zero-order valence-electron chi connectivity index (χ0n) is 8.83. The van der Waals surface area contributed by atoms with Crippen LogP contribution in [-0.4, -0.2) is 17.0 Å². The molecule has 1 aromatic carbocycles. The fourth-order valence-corrected chi connectivity index (χ4v) is 2.51. The Morgan fingerprint density at radius 1 is 1.35 bits per heavy atom. The summed E-state index contributed by atoms with van der Waals surface area (Å²) >= 11 is 6.41. The normalized spacial score (nSPS) is 10.5. The molecule has 1 amide bonds. The number of carboxylic acid groups (broad SMARTS) is 1. The van der Waals surface area contributed by atoms with Crippen LogP contribution in [0, 0.1) is 0 Å². The van der Waals surface area contributed by atoms with Crippen molar-refractivity contribution in [3.8, 4) is 0 Å². The van der Waals surface area contributed by atoms with Gasteiger partial charge in [-0.15, -0.1) is 0 Å². The van der Waals surface area contributed by atoms with Gasteiger partial charge in [-0.05, 0) is 41.1 Å². The first kappa shape index (κ1) is 13.9. The number of allylic oxidation sites excluding steroid dienone is 1. The molecule has 0 heterocycles. The van der Waals surface area contributed by atoms with Gasteiger partial charge in [0.2, 0.25) is 5.91 Å². The number of benzene rings is 1. The fourth-order valence-electron chi connectivity index (χ4n) is 1.19. The van der Waals surface area contributed by atoms with Crippen molar-refractivity contribution in [3.63, 3.8) is 0 Å². The third-order valence-electron chi connectivity index (χ3n) is 1.85. The Morgan fingerprint density at radius 3 is 2.53 bits per heavy atom. The first-order valence-corrected chi connectivity index (χ1v) is 6.20. The molecule has 0 bridgehead atoms. The van der Waals surface area contributed by atoms with E-state index in [1.807, 2.05) is 0 Å². The molecule has 6 heteroatoms. The van der Waals surface area contributed by atoms with E-state index in [1.54, 1.807) is 19.1 Å². The number of rotatable bonds is 3. The fraction of sp³-hybridized carbons (Fsp3) is 0.0909. The van der Waals surface area contributed by atoms with Gasteiger partial charge in [0.15, 0.2) is 0 Å². The topological polar surface area (TPSA) is 66.4 Å². The average molecular weight is 363 g/mol. The van der Waals surface area contributed by atoms with E-state index in [9.17, 15) is 9.59 Å². The van der Waals surface area contributed by atoms with Crippen LogP contribution in [0.5, 0.6) is 0 Å². The molecule has 0 spiro atoms. The van der Waals surface area contributed by atoms with Crippen molar-refractivity contribution < 1.29 is 14.7 Å². The number of amides is 1. The highest BCUT2D eigenvalue weighted by Crippen LogP contribution is 2.30. The molecule has 0 fully saturated rings. The van der Waals surface area contributed by atoms with Gasteiger partial charge < -0.3 is 10.4 Å². The van der Waals surface area contributed by atoms with Crippen LogP contribution in [0.15, 0.2) is 33.2 Å². The molecule has 1 aromatic rings. The van der Waals surface area contributed by atoms with Gasteiger partial charge in [-0.25, -0.2) is 4.79 Å². The standard InChI is InChI=1S/C11H9Br2NO3/c1-2-3-9(15)14-10-7(11(16)17)4-6(12)5-8(10)13/h2-5H,1H3,(H,14,15)(H,16,17). The number of carboxylic acids is 1. The summed E-state index contributed by atoms with van der Waals surface area (Å²) in [6, 6.07) is 3.09. The Balaban J connectivity index is 3.21. The van der Waals surface area contributed by atoms with Crippen LogP contribution in [0.1, 0.15) is 17.3 Å². The summed E-state index contributed by atoms with van der Waals surface area (Å²) in [6.07, 6.45) is 2.89. The maximum atomic E-state index is 11.4. The van der Waals surface area contributed by atoms with Crippen molar-refractivity contribution in [2.75, 3.05) is 5.32 Å². The molecule has 0 saturated heterocycles. The number of hydrogen-bond donors (Lipinski definition) is 2. The van der Waals surface area contributed by atoms with Crippen LogP contribution in [0.3, 0.4) is 0 Å². The molecule has 0 radical (unpaired) electrons. The van der Waals surface area contributed by atoms with Crippen LogP contribution in [0.25, 0.3) is 0 Å². The highest BCUT2D eigenvalue weighted by Gasteiger charge is 2.15. The zero-order valence-corrected chi connectivity index (χ0v) is 12.0. The van der Waals surface area contributed by atoms with Crippen molar-refractivity contribution in [3.05, 3.63) is 38.8 Å². The maximum absolute atomic E-state index is 11.4. The minimum atomic E-state index is -1.11. The lowest BCUT2D eigenvalue weighted by Gasteiger charge is -2.09. The van der Waals surface area contributed by atoms with Crippen molar-refractivity contribution in [1.29, 1.82) is 0 Å². The van der Waals surface area contributed by atoms with Gasteiger partial charge in [0.25, 0.3) is 0 Å². The number of carbonyl (C=O) groups excluding carboxylic acids is 1. The van der Waals surface area contributed by atoms with E-state index in [4.69, 9.17) is 5.11 Å². The Labute approximate surface area is 115 Å². The highest BCUT2D eigenvalue weighted by molar-refractivity contribution is 9.11. The molecule has 0 unspecified atom stereocenters. The van der Waals surface area contributed by atoms with Gasteiger partial charge >= 0.3 is 5.97 Å². The van der Waals surface area contributed by atoms with Crippen molar-refractivity contribution in [2.24, 2.45) is 0 Å². The van der Waals surface area contributed by atoms with E-state index in [1.165, 1.54) is 12.1 Å². The Hall–Kier alpha value is -1.14. The van der Waals surface area contributed by atoms with Crippen LogP contribution in [-0.2, 0) is 4.79 Å². The summed E-state index contributed by atoms with van der Waals surface area (Å²) < 4.78 is 1.12. The quantitative estimate of drug-likeness (QED) is 0.809. The second kappa shape index (κ2) is 5.97. The van der Waals surface area contributed by atoms with Gasteiger partial charge in [0, 0.05) is 8.95 Å². The second-order valence-electron chi connectivity index (χ2n) is 3.10. The molecule has 0 aliphatic heterocycles. The SMILES string of the molecule is CC=CC(=O)Nc1c(Br)cc(Br)cc1C(=O)O. The van der Waals surface area contributed by atoms with Crippen molar-refractivity contribution >= 4 is 49.4 Å². The van der Waals surface area contributed by atoms with E-state index in [-0.39, 0.29) is 17.2 Å². The average Bonchev–Trinajstić information content (AvgIpc) is 2.21. The predicted octanol–water partition coefficient (Wildman–Crippen LogP) is 3.42. The largest absolute Gasteiger partial charge is 0.478 e. The van der Waals surface area contributed by atoms with E-state index in [2.05, 4.69) is 37.2 Å². The van der Waals surface area contributed by atoms with Crippen LogP contribution < -0.4 is 5.32 Å². The molecule has 1 rings (SSSR count). The van der Waals surface area contributed by atoms with Gasteiger partial charge in [-0.3, -0.25) is 4.79 Å². The minimum Gasteiger partial charge on any atom is -0.478 e. The molecule has 0 atom stereocenters. The first-order valence-electron chi connectivity index (χ1n) is 4.61. The lowest BCUT2D eigenvalue weighted by molar-refractivity contribution is -0.111. The number of anilines is 1. The number of halogens is 2. The summed E-state index contributed by atoms with van der Waals surface area (Å²) in [4.78, 5) is 22.5. The van der Waals surface area contributed by atoms with Gasteiger partial charge in [-0.1, -0.05) is 22.0 Å². The van der Waals surface area contributed by atoms with Crippen molar-refractivity contribution in [2.45, 2.75) is 6.92 Å². The van der Waals surface area contributed by atoms with E-state index < -0.39 is 5.97 Å². The lowest BCUT2D eigenvalue weighted by Crippen LogP contribution is -2.12. The highest BCUT2D eigenvalue weighted by atomic mass is 79.9. The van der Waals surface area contributed by atoms with Crippen LogP contribution in [0.2, 0.25) is 0 Å². The summed E-state index contributed by atoms with van der Waals surface area (Å²) in [5.41, 5.74) is 0.257. The third-order valence-corrected chi connectivity index (χ3v) is 2.93. The summed E-state index contributed by atoms with van der Waals surface area (Å²) in [7, 11) is 0. The maximum Gasteiger partial charge on any atom is 0.337 e. The number of nitrogens with one attached hydrogen (secondary N) is 1. The summed E-state index contributed by atoms with van der Waals surface area (Å²) in [6.45, 7) is 1.70. The van der Waals surface area contributed by atoms with Crippen LogP contribution >= 0.6 is 31.9 Å². The van der Waals surface area contributed by atoms with E-state index in [0.29, 0.717) is 8.95 Å². The molecule has 0 aromatic heterocycles. The molecule has 0 saturated carbocycles. The number of carbonyl (C=O) groups is 2. The van der Waals surface area contributed by atoms with E-state index in [0.717, 1.165) is 0 Å². The molecular weight excluding hydrogens is 354 g/mol. The lowest BCUT2D eigenvalue weighted by atomic mass is 10.2. The second-order valence-corrected chi connectivity index (χ2v) is 4.87. The third kappa shape index (κ3) is 3.67. The summed E-state index contributed by atoms with van der Waals surface area (Å²) in [5.74, 6) is -1.49. The molecule has 17 heavy (non-hydrogen) atoms. The first-order chi connectivity index (χ1) is 7.95. The molecule has 90 valence electrons. The molecule has 0 aliphatic carbocycles. The van der Waals surface area contributed by atoms with Crippen LogP contribution in [0.4, 0.5) is 5.69 Å². The smallest absolute Gasteiger partial charge is 0.337 e. The predicted molar refractivity (Wildman–Crippen MR) is 72.2 cm³/mol. The van der Waals surface area contributed by atoms with Gasteiger partial charge in [0.05, 0.1) is 11.3 Å². The Kier molecular flexibility index (Phi) is 4.89. The Bertz CT molecular complexity index is 498. The zero-order chi connectivity index (χ0) is 13.0. The Morgan fingerprint density at radius 2 is 2.00 bits per heavy atom. The molecule has 2 N–H and O–H groups in total. The number of aromatic carboxylic acids is 1. The molecule has 0 aliphatic rings. The summed E-state index contributed by atoms with van der Waals surface area (Å²) in [5, 5.41) is 11.6. The molecular formula is C11H9Br2NO3. The van der Waals surface area contributed by atoms with Crippen molar-refractivity contribution in [1.82, 2.24) is 0 Å².